The Morgan fingerprint density at radius 3 is 2.75 bits per heavy atom. The molecule has 0 aliphatic heterocycles. The Bertz CT molecular complexity index is 795. The zero-order valence-corrected chi connectivity index (χ0v) is 11.5. The van der Waals surface area contributed by atoms with Crippen molar-refractivity contribution in [2.24, 2.45) is 0 Å². The summed E-state index contributed by atoms with van der Waals surface area (Å²) >= 11 is 6.21. The van der Waals surface area contributed by atoms with E-state index in [9.17, 15) is 4.79 Å². The minimum absolute atomic E-state index is 0.414. The normalized spacial score (nSPS) is 10.7. The standard InChI is InChI=1S/C15H11ClN2O2/c1-20-15(19)13-8-4-5-10-9-17-14(18(10)13)11-6-2-3-7-12(11)16/h2-9H,1H3. The second-order valence-electron chi connectivity index (χ2n) is 4.22. The number of imidazole rings is 1. The average molecular weight is 287 g/mol. The lowest BCUT2D eigenvalue weighted by molar-refractivity contribution is 0.0592. The number of methoxy groups -OCH3 is 1. The number of esters is 1. The molecule has 3 rings (SSSR count). The number of nitrogens with zero attached hydrogens (tertiary/aromatic N) is 2. The number of halogens is 1. The van der Waals surface area contributed by atoms with Crippen molar-refractivity contribution in [3.05, 3.63) is 59.4 Å². The molecule has 3 aromatic rings. The molecule has 0 saturated heterocycles. The highest BCUT2D eigenvalue weighted by atomic mass is 35.5. The molecule has 0 aliphatic carbocycles. The minimum atomic E-state index is -0.415. The number of hydrogen-bond acceptors (Lipinski definition) is 3. The van der Waals surface area contributed by atoms with Crippen LogP contribution in [0.3, 0.4) is 0 Å². The molecule has 0 atom stereocenters. The third kappa shape index (κ3) is 1.94. The topological polar surface area (TPSA) is 43.6 Å². The molecular weight excluding hydrogens is 276 g/mol. The molecule has 0 radical (unpaired) electrons. The molecule has 0 spiro atoms. The van der Waals surface area contributed by atoms with Crippen LogP contribution in [0.15, 0.2) is 48.7 Å². The fraction of sp³-hybridized carbons (Fsp3) is 0.0667. The lowest BCUT2D eigenvalue weighted by Gasteiger charge is -2.08. The number of benzene rings is 1. The molecule has 1 aromatic carbocycles. The van der Waals surface area contributed by atoms with Crippen molar-refractivity contribution in [1.29, 1.82) is 0 Å². The van der Waals surface area contributed by atoms with Crippen molar-refractivity contribution >= 4 is 23.1 Å². The van der Waals surface area contributed by atoms with Crippen molar-refractivity contribution < 1.29 is 9.53 Å². The van der Waals surface area contributed by atoms with Crippen LogP contribution in [0.5, 0.6) is 0 Å². The van der Waals surface area contributed by atoms with Crippen LogP contribution in [0, 0.1) is 0 Å². The Balaban J connectivity index is 2.33. The molecule has 2 aromatic heterocycles. The number of carbonyl (C=O) groups is 1. The molecule has 100 valence electrons. The maximum atomic E-state index is 11.9. The molecular formula is C15H11ClN2O2. The molecule has 0 fully saturated rings. The van der Waals surface area contributed by atoms with Gasteiger partial charge in [-0.25, -0.2) is 9.78 Å². The van der Waals surface area contributed by atoms with E-state index >= 15 is 0 Å². The maximum absolute atomic E-state index is 11.9. The van der Waals surface area contributed by atoms with Gasteiger partial charge in [0.2, 0.25) is 0 Å². The molecule has 0 N–H and O–H groups in total. The summed E-state index contributed by atoms with van der Waals surface area (Å²) in [6.07, 6.45) is 1.70. The Hall–Kier alpha value is -2.33. The summed E-state index contributed by atoms with van der Waals surface area (Å²) in [5.74, 6) is 0.202. The zero-order valence-electron chi connectivity index (χ0n) is 10.7. The Morgan fingerprint density at radius 2 is 2.00 bits per heavy atom. The van der Waals surface area contributed by atoms with E-state index in [0.717, 1.165) is 11.1 Å². The van der Waals surface area contributed by atoms with Crippen molar-refractivity contribution in [2.75, 3.05) is 7.11 Å². The third-order valence-electron chi connectivity index (χ3n) is 3.06. The fourth-order valence-corrected chi connectivity index (χ4v) is 2.36. The Morgan fingerprint density at radius 1 is 1.20 bits per heavy atom. The number of pyridine rings is 1. The number of rotatable bonds is 2. The summed E-state index contributed by atoms with van der Waals surface area (Å²) in [5, 5.41) is 0.583. The largest absolute Gasteiger partial charge is 0.464 e. The third-order valence-corrected chi connectivity index (χ3v) is 3.39. The molecule has 5 heteroatoms. The fourth-order valence-electron chi connectivity index (χ4n) is 2.14. The van der Waals surface area contributed by atoms with E-state index < -0.39 is 5.97 Å². The van der Waals surface area contributed by atoms with E-state index in [1.165, 1.54) is 7.11 Å². The molecule has 0 aliphatic rings. The van der Waals surface area contributed by atoms with Gasteiger partial charge in [0.1, 0.15) is 11.5 Å². The summed E-state index contributed by atoms with van der Waals surface area (Å²) < 4.78 is 6.56. The van der Waals surface area contributed by atoms with Crippen LogP contribution in [0.2, 0.25) is 5.02 Å². The summed E-state index contributed by atoms with van der Waals surface area (Å²) in [6, 6.07) is 12.7. The van der Waals surface area contributed by atoms with Gasteiger partial charge in [-0.1, -0.05) is 29.8 Å². The maximum Gasteiger partial charge on any atom is 0.355 e. The van der Waals surface area contributed by atoms with E-state index in [2.05, 4.69) is 4.98 Å². The van der Waals surface area contributed by atoms with Gasteiger partial charge in [0.15, 0.2) is 0 Å². The molecule has 0 amide bonds. The van der Waals surface area contributed by atoms with Crippen molar-refractivity contribution in [3.8, 4) is 11.4 Å². The van der Waals surface area contributed by atoms with Crippen LogP contribution in [0.4, 0.5) is 0 Å². The quantitative estimate of drug-likeness (QED) is 0.678. The first-order valence-corrected chi connectivity index (χ1v) is 6.40. The van der Waals surface area contributed by atoms with Gasteiger partial charge in [0.25, 0.3) is 0 Å². The van der Waals surface area contributed by atoms with Crippen LogP contribution in [0.1, 0.15) is 10.5 Å². The van der Waals surface area contributed by atoms with Crippen molar-refractivity contribution in [2.45, 2.75) is 0 Å². The molecule has 20 heavy (non-hydrogen) atoms. The highest BCUT2D eigenvalue weighted by Gasteiger charge is 2.16. The summed E-state index contributed by atoms with van der Waals surface area (Å²) in [7, 11) is 1.35. The minimum Gasteiger partial charge on any atom is -0.464 e. The van der Waals surface area contributed by atoms with E-state index in [-0.39, 0.29) is 0 Å². The van der Waals surface area contributed by atoms with Crippen LogP contribution >= 0.6 is 11.6 Å². The summed E-state index contributed by atoms with van der Waals surface area (Å²) in [6.45, 7) is 0. The number of hydrogen-bond donors (Lipinski definition) is 0. The van der Waals surface area contributed by atoms with Gasteiger partial charge >= 0.3 is 5.97 Å². The highest BCUT2D eigenvalue weighted by Crippen LogP contribution is 2.28. The summed E-state index contributed by atoms with van der Waals surface area (Å²) in [4.78, 5) is 16.3. The first-order valence-electron chi connectivity index (χ1n) is 6.02. The monoisotopic (exact) mass is 286 g/mol. The molecule has 4 nitrogen and oxygen atoms in total. The molecule has 0 saturated carbocycles. The average Bonchev–Trinajstić information content (AvgIpc) is 2.91. The lowest BCUT2D eigenvalue weighted by Crippen LogP contribution is -2.08. The first kappa shape index (κ1) is 12.7. The SMILES string of the molecule is COC(=O)c1cccc2cnc(-c3ccccc3Cl)n12. The van der Waals surface area contributed by atoms with Crippen LogP contribution in [-0.2, 0) is 4.74 Å². The Kier molecular flexibility index (Phi) is 3.16. The first-order chi connectivity index (χ1) is 9.72. The Labute approximate surface area is 120 Å². The predicted molar refractivity (Wildman–Crippen MR) is 77.0 cm³/mol. The van der Waals surface area contributed by atoms with Gasteiger partial charge in [-0.05, 0) is 24.3 Å². The molecule has 2 heterocycles. The second kappa shape index (κ2) is 4.98. The summed E-state index contributed by atoms with van der Waals surface area (Å²) in [5.41, 5.74) is 1.99. The van der Waals surface area contributed by atoms with Gasteiger partial charge < -0.3 is 4.74 Å². The van der Waals surface area contributed by atoms with Gasteiger partial charge in [0.05, 0.1) is 23.8 Å². The van der Waals surface area contributed by atoms with Gasteiger partial charge in [0, 0.05) is 5.56 Å². The number of carbonyl (C=O) groups excluding carboxylic acids is 1. The smallest absolute Gasteiger partial charge is 0.355 e. The van der Waals surface area contributed by atoms with E-state index in [1.807, 2.05) is 24.3 Å². The van der Waals surface area contributed by atoms with Crippen molar-refractivity contribution in [3.63, 3.8) is 0 Å². The predicted octanol–water partition coefficient (Wildman–Crippen LogP) is 3.44. The van der Waals surface area contributed by atoms with Gasteiger partial charge in [-0.2, -0.15) is 0 Å². The van der Waals surface area contributed by atoms with Crippen LogP contribution in [0.25, 0.3) is 16.9 Å². The molecule has 0 bridgehead atoms. The lowest BCUT2D eigenvalue weighted by atomic mass is 10.2. The second-order valence-corrected chi connectivity index (χ2v) is 4.63. The highest BCUT2D eigenvalue weighted by molar-refractivity contribution is 6.33. The van der Waals surface area contributed by atoms with Crippen molar-refractivity contribution in [1.82, 2.24) is 9.38 Å². The zero-order chi connectivity index (χ0) is 14.1. The number of ether oxygens (including phenoxy) is 1. The van der Waals surface area contributed by atoms with Gasteiger partial charge in [-0.15, -0.1) is 0 Å². The van der Waals surface area contributed by atoms with Crippen LogP contribution < -0.4 is 0 Å². The van der Waals surface area contributed by atoms with E-state index in [1.54, 1.807) is 28.8 Å². The number of fused-ring (bicyclic) bond motifs is 1. The number of aromatic nitrogens is 2. The van der Waals surface area contributed by atoms with Gasteiger partial charge in [-0.3, -0.25) is 4.40 Å². The van der Waals surface area contributed by atoms with Crippen LogP contribution in [-0.4, -0.2) is 22.5 Å². The molecule has 0 unspecified atom stereocenters. The van der Waals surface area contributed by atoms with E-state index in [4.69, 9.17) is 16.3 Å². The van der Waals surface area contributed by atoms with E-state index in [0.29, 0.717) is 16.5 Å².